The van der Waals surface area contributed by atoms with Crippen molar-refractivity contribution in [1.29, 1.82) is 0 Å². The van der Waals surface area contributed by atoms with Crippen LogP contribution in [0.1, 0.15) is 27.9 Å². The van der Waals surface area contributed by atoms with Gasteiger partial charge in [0.05, 0.1) is 43.5 Å². The fourth-order valence-electron chi connectivity index (χ4n) is 4.54. The molecule has 0 radical (unpaired) electrons. The first-order valence-electron chi connectivity index (χ1n) is 13.4. The molecule has 4 rings (SSSR count). The zero-order valence-corrected chi connectivity index (χ0v) is 23.8. The van der Waals surface area contributed by atoms with Crippen molar-refractivity contribution in [2.24, 2.45) is 0 Å². The summed E-state index contributed by atoms with van der Waals surface area (Å²) in [7, 11) is 4.52. The molecular formula is C32H33FN2O7. The van der Waals surface area contributed by atoms with Crippen LogP contribution in [0.15, 0.2) is 82.2 Å². The predicted octanol–water partition coefficient (Wildman–Crippen LogP) is 4.66. The molecule has 0 atom stereocenters. The van der Waals surface area contributed by atoms with E-state index in [9.17, 15) is 18.8 Å². The van der Waals surface area contributed by atoms with E-state index in [4.69, 9.17) is 18.6 Å². The number of ether oxygens (including phenoxy) is 3. The van der Waals surface area contributed by atoms with Crippen molar-refractivity contribution in [2.45, 2.75) is 19.5 Å². The van der Waals surface area contributed by atoms with Crippen LogP contribution in [0, 0.1) is 5.82 Å². The third-order valence-corrected chi connectivity index (χ3v) is 6.78. The molecule has 0 saturated carbocycles. The fourth-order valence-corrected chi connectivity index (χ4v) is 4.54. The Morgan fingerprint density at radius 3 is 2.38 bits per heavy atom. The number of nitrogens with zero attached hydrogens (tertiary/aromatic N) is 2. The number of rotatable bonds is 13. The lowest BCUT2D eigenvalue weighted by molar-refractivity contribution is -0.133. The number of halogens is 1. The van der Waals surface area contributed by atoms with Crippen LogP contribution in [-0.4, -0.2) is 62.6 Å². The first-order valence-corrected chi connectivity index (χ1v) is 13.4. The second-order valence-electron chi connectivity index (χ2n) is 9.60. The molecule has 0 aliphatic rings. The summed E-state index contributed by atoms with van der Waals surface area (Å²) in [5, 5.41) is 0.396. The van der Waals surface area contributed by atoms with Crippen molar-refractivity contribution in [2.75, 3.05) is 41.0 Å². The monoisotopic (exact) mass is 576 g/mol. The molecule has 0 aliphatic heterocycles. The van der Waals surface area contributed by atoms with Crippen molar-refractivity contribution in [3.8, 4) is 11.5 Å². The Labute approximate surface area is 243 Å². The summed E-state index contributed by atoms with van der Waals surface area (Å²) >= 11 is 0. The number of hydrogen-bond donors (Lipinski definition) is 0. The maximum Gasteiger partial charge on any atom is 0.258 e. The predicted molar refractivity (Wildman–Crippen MR) is 155 cm³/mol. The highest BCUT2D eigenvalue weighted by atomic mass is 19.1. The highest BCUT2D eigenvalue weighted by molar-refractivity contribution is 5.99. The zero-order valence-electron chi connectivity index (χ0n) is 23.8. The largest absolute Gasteiger partial charge is 0.497 e. The van der Waals surface area contributed by atoms with E-state index in [-0.39, 0.29) is 42.7 Å². The second kappa shape index (κ2) is 14.3. The Morgan fingerprint density at radius 1 is 0.905 bits per heavy atom. The maximum absolute atomic E-state index is 13.9. The molecule has 0 N–H and O–H groups in total. The summed E-state index contributed by atoms with van der Waals surface area (Å²) < 4.78 is 35.1. The van der Waals surface area contributed by atoms with E-state index in [1.807, 2.05) is 0 Å². The van der Waals surface area contributed by atoms with Gasteiger partial charge in [-0.25, -0.2) is 4.39 Å². The van der Waals surface area contributed by atoms with E-state index in [0.29, 0.717) is 41.1 Å². The van der Waals surface area contributed by atoms with Crippen LogP contribution < -0.4 is 14.9 Å². The van der Waals surface area contributed by atoms with Crippen LogP contribution in [0.2, 0.25) is 0 Å². The summed E-state index contributed by atoms with van der Waals surface area (Å²) in [6, 6.07) is 17.4. The summed E-state index contributed by atoms with van der Waals surface area (Å²) in [5.74, 6) is -0.406. The molecule has 0 unspecified atom stereocenters. The molecule has 0 fully saturated rings. The Balaban J connectivity index is 1.65. The molecule has 1 aromatic heterocycles. The van der Waals surface area contributed by atoms with Crippen molar-refractivity contribution in [1.82, 2.24) is 9.80 Å². The molecular weight excluding hydrogens is 543 g/mol. The Hall–Kier alpha value is -4.70. The van der Waals surface area contributed by atoms with Crippen LogP contribution in [0.4, 0.5) is 4.39 Å². The number of para-hydroxylation sites is 1. The number of methoxy groups -OCH3 is 3. The molecule has 0 bridgehead atoms. The average molecular weight is 577 g/mol. The normalized spacial score (nSPS) is 10.9. The minimum absolute atomic E-state index is 0.0741. The lowest BCUT2D eigenvalue weighted by Gasteiger charge is -2.28. The van der Waals surface area contributed by atoms with Gasteiger partial charge in [-0.2, -0.15) is 0 Å². The van der Waals surface area contributed by atoms with E-state index in [1.165, 1.54) is 42.4 Å². The summed E-state index contributed by atoms with van der Waals surface area (Å²) in [6.45, 7) is 0.343. The van der Waals surface area contributed by atoms with Gasteiger partial charge >= 0.3 is 0 Å². The highest BCUT2D eigenvalue weighted by Crippen LogP contribution is 2.26. The molecule has 2 amide bonds. The molecule has 0 saturated heterocycles. The van der Waals surface area contributed by atoms with Crippen LogP contribution in [0.25, 0.3) is 11.0 Å². The SMILES string of the molecule is COCCCN(CC(=O)N(Cc1ccc(F)cc1)Cc1coc2ccccc2c1=O)C(=O)c1ccc(OC)cc1OC. The van der Waals surface area contributed by atoms with Crippen LogP contribution in [0.3, 0.4) is 0 Å². The molecule has 10 heteroatoms. The van der Waals surface area contributed by atoms with Gasteiger partial charge in [-0.15, -0.1) is 0 Å². The lowest BCUT2D eigenvalue weighted by Crippen LogP contribution is -2.43. The van der Waals surface area contributed by atoms with Crippen LogP contribution >= 0.6 is 0 Å². The fraction of sp³-hybridized carbons (Fsp3) is 0.281. The molecule has 4 aromatic rings. The van der Waals surface area contributed by atoms with Crippen LogP contribution in [0.5, 0.6) is 11.5 Å². The Kier molecular flexibility index (Phi) is 10.3. The minimum Gasteiger partial charge on any atom is -0.497 e. The van der Waals surface area contributed by atoms with Crippen molar-refractivity contribution in [3.05, 3.63) is 106 Å². The van der Waals surface area contributed by atoms with Gasteiger partial charge in [-0.3, -0.25) is 14.4 Å². The Morgan fingerprint density at radius 2 is 1.67 bits per heavy atom. The van der Waals surface area contributed by atoms with Gasteiger partial charge in [-0.05, 0) is 48.4 Å². The molecule has 3 aromatic carbocycles. The van der Waals surface area contributed by atoms with Gasteiger partial charge in [0.1, 0.15) is 29.4 Å². The molecule has 1 heterocycles. The summed E-state index contributed by atoms with van der Waals surface area (Å²) in [4.78, 5) is 43.7. The number of carbonyl (C=O) groups is 2. The molecule has 9 nitrogen and oxygen atoms in total. The molecule has 0 spiro atoms. The number of hydrogen-bond acceptors (Lipinski definition) is 7. The molecule has 220 valence electrons. The standard InChI is InChI=1S/C32H33FN2O7/c1-39-16-6-15-34(32(38)27-14-13-25(40-2)17-29(27)41-3)20-30(36)35(18-22-9-11-24(33)12-10-22)19-23-21-42-28-8-5-4-7-26(28)31(23)37/h4-5,7-14,17,21H,6,15-16,18-20H2,1-3H3. The lowest BCUT2D eigenvalue weighted by atomic mass is 10.1. The first-order chi connectivity index (χ1) is 20.3. The first kappa shape index (κ1) is 30.3. The second-order valence-corrected chi connectivity index (χ2v) is 9.60. The van der Waals surface area contributed by atoms with Crippen molar-refractivity contribution < 1.29 is 32.6 Å². The summed E-state index contributed by atoms with van der Waals surface area (Å²) in [5.41, 5.74) is 1.38. The van der Waals surface area contributed by atoms with Crippen molar-refractivity contribution in [3.63, 3.8) is 0 Å². The van der Waals surface area contributed by atoms with E-state index >= 15 is 0 Å². The number of carbonyl (C=O) groups excluding carboxylic acids is 2. The smallest absolute Gasteiger partial charge is 0.258 e. The minimum atomic E-state index is -0.412. The topological polar surface area (TPSA) is 98.5 Å². The van der Waals surface area contributed by atoms with E-state index in [2.05, 4.69) is 0 Å². The number of benzene rings is 3. The van der Waals surface area contributed by atoms with Gasteiger partial charge in [0.25, 0.3) is 5.91 Å². The van der Waals surface area contributed by atoms with E-state index < -0.39 is 17.6 Å². The molecule has 42 heavy (non-hydrogen) atoms. The van der Waals surface area contributed by atoms with E-state index in [1.54, 1.807) is 61.7 Å². The average Bonchev–Trinajstić information content (AvgIpc) is 3.01. The number of fused-ring (bicyclic) bond motifs is 1. The third kappa shape index (κ3) is 7.32. The highest BCUT2D eigenvalue weighted by Gasteiger charge is 2.26. The third-order valence-electron chi connectivity index (χ3n) is 6.78. The van der Waals surface area contributed by atoms with Gasteiger partial charge in [-0.1, -0.05) is 24.3 Å². The maximum atomic E-state index is 13.9. The van der Waals surface area contributed by atoms with Gasteiger partial charge in [0, 0.05) is 32.9 Å². The van der Waals surface area contributed by atoms with Gasteiger partial charge in [0.2, 0.25) is 5.91 Å². The number of amides is 2. The molecule has 0 aliphatic carbocycles. The zero-order chi connectivity index (χ0) is 30.1. The van der Waals surface area contributed by atoms with Crippen molar-refractivity contribution >= 4 is 22.8 Å². The van der Waals surface area contributed by atoms with Gasteiger partial charge in [0.15, 0.2) is 5.43 Å². The van der Waals surface area contributed by atoms with Crippen LogP contribution in [-0.2, 0) is 22.6 Å². The quantitative estimate of drug-likeness (QED) is 0.214. The van der Waals surface area contributed by atoms with E-state index in [0.717, 1.165) is 0 Å². The Bertz CT molecular complexity index is 1590. The summed E-state index contributed by atoms with van der Waals surface area (Å²) in [6.07, 6.45) is 1.83. The van der Waals surface area contributed by atoms with Gasteiger partial charge < -0.3 is 28.4 Å².